The molecule has 9 aromatic rings. The number of nitrogens with zero attached hydrogens (tertiary/aromatic N) is 2. The molecule has 0 aliphatic heterocycles. The molecule has 3 heterocycles. The summed E-state index contributed by atoms with van der Waals surface area (Å²) in [5.41, 5.74) is 11.2. The molecule has 0 spiro atoms. The number of thiophene rings is 1. The van der Waals surface area contributed by atoms with Crippen molar-refractivity contribution in [3.05, 3.63) is 150 Å². The van der Waals surface area contributed by atoms with Crippen molar-refractivity contribution < 1.29 is 0 Å². The van der Waals surface area contributed by atoms with E-state index >= 15 is 0 Å². The van der Waals surface area contributed by atoms with Crippen LogP contribution in [0.4, 0.5) is 0 Å². The van der Waals surface area contributed by atoms with E-state index in [1.165, 1.54) is 86.6 Å². The van der Waals surface area contributed by atoms with Crippen LogP contribution >= 0.6 is 11.3 Å². The number of hydrogen-bond donors (Lipinski definition) is 0. The lowest BCUT2D eigenvalue weighted by Gasteiger charge is -2.12. The van der Waals surface area contributed by atoms with Gasteiger partial charge in [0.2, 0.25) is 0 Å². The van der Waals surface area contributed by atoms with Gasteiger partial charge in [-0.1, -0.05) is 91.0 Å². The Morgan fingerprint density at radius 3 is 1.98 bits per heavy atom. The largest absolute Gasteiger partial charge is 0.309 e. The Morgan fingerprint density at radius 2 is 1.18 bits per heavy atom. The fraction of sp³-hybridized carbons (Fsp3) is 0.0476. The first-order valence-corrected chi connectivity index (χ1v) is 16.5. The lowest BCUT2D eigenvalue weighted by atomic mass is 9.99. The van der Waals surface area contributed by atoms with Gasteiger partial charge in [-0.2, -0.15) is 0 Å². The number of para-hydroxylation sites is 3. The monoisotopic (exact) mass is 592 g/mol. The average Bonchev–Trinajstić information content (AvgIpc) is 3.76. The van der Waals surface area contributed by atoms with Crippen molar-refractivity contribution in [3.8, 4) is 22.5 Å². The Bertz CT molecular complexity index is 2610. The molecule has 0 saturated heterocycles. The zero-order valence-electron chi connectivity index (χ0n) is 24.6. The highest BCUT2D eigenvalue weighted by Gasteiger charge is 2.20. The Hall–Kier alpha value is -5.38. The summed E-state index contributed by atoms with van der Waals surface area (Å²) in [6, 6.07) is 49.2. The van der Waals surface area contributed by atoms with Gasteiger partial charge in [-0.15, -0.1) is 11.3 Å². The number of aryl methyl sites for hydroxylation is 1. The van der Waals surface area contributed by atoms with E-state index in [0.717, 1.165) is 12.8 Å². The van der Waals surface area contributed by atoms with E-state index in [-0.39, 0.29) is 0 Å². The van der Waals surface area contributed by atoms with E-state index in [1.807, 2.05) is 11.3 Å². The van der Waals surface area contributed by atoms with Gasteiger partial charge in [-0.05, 0) is 84.1 Å². The SMILES string of the molecule is C1=Cc2c(sc3ccc(-c4cccc(-n5c6ccccc6c6c(-n7c8ccccc8c8ccccc87)cccc65)c4)cc23)CC1. The maximum absolute atomic E-state index is 2.45. The molecule has 0 fully saturated rings. The van der Waals surface area contributed by atoms with Crippen LogP contribution in [0.1, 0.15) is 16.9 Å². The van der Waals surface area contributed by atoms with Gasteiger partial charge in [-0.3, -0.25) is 0 Å². The van der Waals surface area contributed by atoms with Gasteiger partial charge in [0.05, 0.1) is 27.8 Å². The van der Waals surface area contributed by atoms with Crippen molar-refractivity contribution in [1.29, 1.82) is 0 Å². The number of aromatic nitrogens is 2. The minimum absolute atomic E-state index is 1.14. The Labute approximate surface area is 264 Å². The second kappa shape index (κ2) is 9.56. The average molecular weight is 593 g/mol. The fourth-order valence-corrected chi connectivity index (χ4v) is 8.79. The van der Waals surface area contributed by atoms with Crippen molar-refractivity contribution in [1.82, 2.24) is 9.13 Å². The van der Waals surface area contributed by atoms with Crippen LogP contribution in [0.25, 0.3) is 82.3 Å². The lowest BCUT2D eigenvalue weighted by molar-refractivity contribution is 1.02. The minimum Gasteiger partial charge on any atom is -0.309 e. The second-order valence-corrected chi connectivity index (χ2v) is 13.2. The Balaban J connectivity index is 1.22. The van der Waals surface area contributed by atoms with Crippen LogP contribution in [0.2, 0.25) is 0 Å². The summed E-state index contributed by atoms with van der Waals surface area (Å²) in [5, 5.41) is 6.46. The molecule has 212 valence electrons. The molecule has 3 aromatic heterocycles. The van der Waals surface area contributed by atoms with Crippen LogP contribution in [0.3, 0.4) is 0 Å². The topological polar surface area (TPSA) is 9.86 Å². The van der Waals surface area contributed by atoms with Gasteiger partial charge < -0.3 is 9.13 Å². The minimum atomic E-state index is 1.14. The van der Waals surface area contributed by atoms with Gasteiger partial charge in [0.25, 0.3) is 0 Å². The van der Waals surface area contributed by atoms with Gasteiger partial charge in [0.1, 0.15) is 0 Å². The van der Waals surface area contributed by atoms with Gasteiger partial charge in [0, 0.05) is 42.2 Å². The van der Waals surface area contributed by atoms with E-state index in [2.05, 4.69) is 155 Å². The molecule has 6 aromatic carbocycles. The molecule has 0 radical (unpaired) electrons. The highest BCUT2D eigenvalue weighted by molar-refractivity contribution is 7.19. The van der Waals surface area contributed by atoms with Crippen LogP contribution < -0.4 is 0 Å². The van der Waals surface area contributed by atoms with E-state index in [9.17, 15) is 0 Å². The van der Waals surface area contributed by atoms with Crippen molar-refractivity contribution in [2.75, 3.05) is 0 Å². The quantitative estimate of drug-likeness (QED) is 0.193. The molecule has 0 saturated carbocycles. The van der Waals surface area contributed by atoms with E-state index in [4.69, 9.17) is 0 Å². The van der Waals surface area contributed by atoms with Gasteiger partial charge in [0.15, 0.2) is 0 Å². The van der Waals surface area contributed by atoms with Crippen LogP contribution in [-0.4, -0.2) is 9.13 Å². The molecule has 1 aliphatic carbocycles. The molecule has 10 rings (SSSR count). The first-order chi connectivity index (χ1) is 22.3. The molecule has 1 aliphatic rings. The van der Waals surface area contributed by atoms with Gasteiger partial charge in [-0.25, -0.2) is 0 Å². The standard InChI is InChI=1S/C42H28N2S/c1-5-17-35-30(13-1)31-14-2-6-18-36(31)44(35)39-21-10-20-38-42(39)33-16-3-7-19-37(33)43(38)29-12-9-11-27(25-29)28-23-24-41-34(26-28)32-15-4-8-22-40(32)45-41/h1-7,9-21,23-26H,8,22H2. The first-order valence-electron chi connectivity index (χ1n) is 15.7. The summed E-state index contributed by atoms with van der Waals surface area (Å²) in [4.78, 5) is 1.52. The molecule has 0 atom stereocenters. The zero-order chi connectivity index (χ0) is 29.5. The summed E-state index contributed by atoms with van der Waals surface area (Å²) >= 11 is 1.95. The third kappa shape index (κ3) is 3.62. The normalized spacial score (nSPS) is 13.1. The number of benzene rings is 6. The lowest BCUT2D eigenvalue weighted by Crippen LogP contribution is -1.96. The first kappa shape index (κ1) is 25.0. The Morgan fingerprint density at radius 1 is 0.511 bits per heavy atom. The molecule has 0 bridgehead atoms. The highest BCUT2D eigenvalue weighted by Crippen LogP contribution is 2.41. The molecule has 3 heteroatoms. The number of hydrogen-bond acceptors (Lipinski definition) is 1. The van der Waals surface area contributed by atoms with E-state index < -0.39 is 0 Å². The van der Waals surface area contributed by atoms with Crippen LogP contribution in [0, 0.1) is 0 Å². The number of fused-ring (bicyclic) bond motifs is 9. The number of allylic oxidation sites excluding steroid dienone is 1. The maximum atomic E-state index is 2.45. The summed E-state index contributed by atoms with van der Waals surface area (Å²) in [7, 11) is 0. The molecular weight excluding hydrogens is 565 g/mol. The molecule has 2 nitrogen and oxygen atoms in total. The Kier molecular flexibility index (Phi) is 5.31. The molecular formula is C42H28N2S. The maximum Gasteiger partial charge on any atom is 0.0562 e. The van der Waals surface area contributed by atoms with Crippen molar-refractivity contribution in [3.63, 3.8) is 0 Å². The summed E-state index contributed by atoms with van der Waals surface area (Å²) in [5.74, 6) is 0. The van der Waals surface area contributed by atoms with Crippen molar-refractivity contribution in [2.45, 2.75) is 12.8 Å². The van der Waals surface area contributed by atoms with E-state index in [1.54, 1.807) is 0 Å². The highest BCUT2D eigenvalue weighted by atomic mass is 32.1. The third-order valence-electron chi connectivity index (χ3n) is 9.56. The zero-order valence-corrected chi connectivity index (χ0v) is 25.4. The third-order valence-corrected chi connectivity index (χ3v) is 10.8. The van der Waals surface area contributed by atoms with Crippen LogP contribution in [0.5, 0.6) is 0 Å². The van der Waals surface area contributed by atoms with Gasteiger partial charge >= 0.3 is 0 Å². The fourth-order valence-electron chi connectivity index (χ4n) is 7.60. The van der Waals surface area contributed by atoms with Crippen LogP contribution in [0.15, 0.2) is 140 Å². The predicted octanol–water partition coefficient (Wildman–Crippen LogP) is 11.7. The summed E-state index contributed by atoms with van der Waals surface area (Å²) in [6.45, 7) is 0. The number of rotatable bonds is 3. The van der Waals surface area contributed by atoms with E-state index in [0.29, 0.717) is 0 Å². The molecule has 0 unspecified atom stereocenters. The smallest absolute Gasteiger partial charge is 0.0562 e. The molecule has 0 N–H and O–H groups in total. The van der Waals surface area contributed by atoms with Crippen molar-refractivity contribution in [2.24, 2.45) is 0 Å². The summed E-state index contributed by atoms with van der Waals surface area (Å²) in [6.07, 6.45) is 6.94. The predicted molar refractivity (Wildman–Crippen MR) is 193 cm³/mol. The molecule has 0 amide bonds. The van der Waals surface area contributed by atoms with Crippen molar-refractivity contribution >= 4 is 71.1 Å². The second-order valence-electron chi connectivity index (χ2n) is 12.0. The van der Waals surface area contributed by atoms with Crippen LogP contribution in [-0.2, 0) is 6.42 Å². The summed E-state index contributed by atoms with van der Waals surface area (Å²) < 4.78 is 6.27. The molecule has 45 heavy (non-hydrogen) atoms.